The lowest BCUT2D eigenvalue weighted by atomic mass is 10.0. The van der Waals surface area contributed by atoms with E-state index in [1.807, 2.05) is 12.3 Å². The zero-order chi connectivity index (χ0) is 20.5. The lowest BCUT2D eigenvalue weighted by molar-refractivity contribution is 0.0697. The van der Waals surface area contributed by atoms with Gasteiger partial charge in [-0.25, -0.2) is 24.1 Å². The molecule has 0 saturated heterocycles. The number of nitrogens with two attached hydrogens (primary N) is 1. The van der Waals surface area contributed by atoms with Crippen LogP contribution in [0.2, 0.25) is 0 Å². The van der Waals surface area contributed by atoms with Gasteiger partial charge in [0.1, 0.15) is 11.8 Å². The quantitative estimate of drug-likeness (QED) is 0.405. The van der Waals surface area contributed by atoms with E-state index < -0.39 is 12.0 Å². The minimum absolute atomic E-state index is 0.0507. The number of hydrogen-bond donors (Lipinski definition) is 4. The van der Waals surface area contributed by atoms with Gasteiger partial charge in [-0.1, -0.05) is 12.1 Å². The molecule has 0 saturated carbocycles. The van der Waals surface area contributed by atoms with E-state index in [0.29, 0.717) is 27.5 Å². The summed E-state index contributed by atoms with van der Waals surface area (Å²) < 4.78 is 1.39. The Bertz CT molecular complexity index is 1230. The Morgan fingerprint density at radius 2 is 1.97 bits per heavy atom. The fourth-order valence-electron chi connectivity index (χ4n) is 2.88. The first-order valence-corrected chi connectivity index (χ1v) is 9.26. The fourth-order valence-corrected chi connectivity index (χ4v) is 3.56. The molecule has 0 aliphatic carbocycles. The van der Waals surface area contributed by atoms with E-state index >= 15 is 0 Å². The number of carboxylic acids is 1. The van der Waals surface area contributed by atoms with Crippen LogP contribution >= 0.6 is 11.3 Å². The Kier molecular flexibility index (Phi) is 4.56. The van der Waals surface area contributed by atoms with Crippen molar-refractivity contribution in [3.63, 3.8) is 0 Å². The van der Waals surface area contributed by atoms with Crippen LogP contribution in [0.3, 0.4) is 0 Å². The maximum absolute atomic E-state index is 12.1. The summed E-state index contributed by atoms with van der Waals surface area (Å²) >= 11 is 1.33. The van der Waals surface area contributed by atoms with Crippen LogP contribution in [-0.4, -0.2) is 36.7 Å². The number of hydrogen-bond acceptors (Lipinski definition) is 7. The summed E-state index contributed by atoms with van der Waals surface area (Å²) in [7, 11) is 0. The maximum atomic E-state index is 12.1. The average Bonchev–Trinajstić information content (AvgIpc) is 3.26. The number of rotatable bonds is 4. The molecular formula is C18H15N7O3S. The van der Waals surface area contributed by atoms with Crippen molar-refractivity contribution in [3.8, 4) is 11.1 Å². The molecule has 4 rings (SSSR count). The van der Waals surface area contributed by atoms with Gasteiger partial charge in [0.2, 0.25) is 0 Å². The number of aromatic nitrogens is 4. The molecule has 1 aromatic carbocycles. The number of thiazole rings is 1. The number of benzene rings is 1. The lowest BCUT2D eigenvalue weighted by Crippen LogP contribution is -2.19. The molecule has 2 amide bonds. The molecule has 5 N–H and O–H groups in total. The first-order chi connectivity index (χ1) is 13.9. The third-order valence-electron chi connectivity index (χ3n) is 4.10. The molecule has 0 bridgehead atoms. The summed E-state index contributed by atoms with van der Waals surface area (Å²) in [6, 6.07) is 6.29. The Morgan fingerprint density at radius 3 is 2.62 bits per heavy atom. The average molecular weight is 409 g/mol. The minimum atomic E-state index is -1.11. The Balaban J connectivity index is 1.62. The van der Waals surface area contributed by atoms with Crippen molar-refractivity contribution in [2.24, 2.45) is 0 Å². The molecular weight excluding hydrogens is 394 g/mol. The van der Waals surface area contributed by atoms with Crippen molar-refractivity contribution in [2.75, 3.05) is 16.4 Å². The summed E-state index contributed by atoms with van der Waals surface area (Å²) in [6.45, 7) is 1.84. The van der Waals surface area contributed by atoms with E-state index in [9.17, 15) is 14.7 Å². The molecule has 11 heteroatoms. The van der Waals surface area contributed by atoms with Crippen LogP contribution in [0, 0.1) is 6.92 Å². The van der Waals surface area contributed by atoms with Gasteiger partial charge in [-0.3, -0.25) is 5.32 Å². The van der Waals surface area contributed by atoms with E-state index in [4.69, 9.17) is 5.73 Å². The summed E-state index contributed by atoms with van der Waals surface area (Å²) in [5.41, 5.74) is 8.77. The zero-order valence-electron chi connectivity index (χ0n) is 15.1. The predicted molar refractivity (Wildman–Crippen MR) is 109 cm³/mol. The SMILES string of the molecule is Cc1csc(NC(=O)Nc2ccc(-c3c(C(=O)O)cn4ncnc(N)c34)cc2)n1. The zero-order valence-corrected chi connectivity index (χ0v) is 15.9. The van der Waals surface area contributed by atoms with Gasteiger partial charge in [0.15, 0.2) is 10.9 Å². The molecule has 29 heavy (non-hydrogen) atoms. The normalized spacial score (nSPS) is 10.8. The van der Waals surface area contributed by atoms with E-state index in [0.717, 1.165) is 5.69 Å². The molecule has 3 heterocycles. The predicted octanol–water partition coefficient (Wildman–Crippen LogP) is 3.09. The standard InChI is InChI=1S/C18H15N7O3S/c1-9-7-29-18(22-9)24-17(28)23-11-4-2-10(3-5-11)13-12(16(26)27)6-25-14(13)15(19)20-8-21-25/h2-8H,1H3,(H,26,27)(H2,19,20,21)(H2,22,23,24,28). The lowest BCUT2D eigenvalue weighted by Gasteiger charge is -2.08. The highest BCUT2D eigenvalue weighted by atomic mass is 32.1. The third-order valence-corrected chi connectivity index (χ3v) is 4.98. The Hall–Kier alpha value is -3.99. The number of nitrogen functional groups attached to an aromatic ring is 1. The largest absolute Gasteiger partial charge is 0.478 e. The van der Waals surface area contributed by atoms with Crippen LogP contribution in [0.4, 0.5) is 21.4 Å². The number of nitrogens with one attached hydrogen (secondary N) is 2. The van der Waals surface area contributed by atoms with Gasteiger partial charge < -0.3 is 16.2 Å². The van der Waals surface area contributed by atoms with Gasteiger partial charge in [0.25, 0.3) is 0 Å². The van der Waals surface area contributed by atoms with Crippen molar-refractivity contribution in [1.82, 2.24) is 19.6 Å². The smallest absolute Gasteiger partial charge is 0.337 e. The summed E-state index contributed by atoms with van der Waals surface area (Å²) in [6.07, 6.45) is 2.65. The first-order valence-electron chi connectivity index (χ1n) is 8.38. The van der Waals surface area contributed by atoms with Crippen molar-refractivity contribution < 1.29 is 14.7 Å². The van der Waals surface area contributed by atoms with Crippen molar-refractivity contribution in [1.29, 1.82) is 0 Å². The molecule has 10 nitrogen and oxygen atoms in total. The topological polar surface area (TPSA) is 148 Å². The van der Waals surface area contributed by atoms with Crippen molar-refractivity contribution >= 4 is 45.5 Å². The van der Waals surface area contributed by atoms with Gasteiger partial charge in [0, 0.05) is 22.8 Å². The second-order valence-corrected chi connectivity index (χ2v) is 6.97. The number of anilines is 3. The number of carbonyl (C=O) groups excluding carboxylic acids is 1. The number of aryl methyl sites for hydroxylation is 1. The number of carbonyl (C=O) groups is 2. The second-order valence-electron chi connectivity index (χ2n) is 6.11. The second kappa shape index (κ2) is 7.20. The van der Waals surface area contributed by atoms with Gasteiger partial charge in [-0.2, -0.15) is 5.10 Å². The summed E-state index contributed by atoms with van der Waals surface area (Å²) in [5, 5.41) is 21.3. The minimum Gasteiger partial charge on any atom is -0.478 e. The molecule has 4 aromatic rings. The monoisotopic (exact) mass is 409 g/mol. The number of carboxylic acid groups (broad SMARTS) is 1. The van der Waals surface area contributed by atoms with E-state index in [1.54, 1.807) is 24.3 Å². The first kappa shape index (κ1) is 18.4. The van der Waals surface area contributed by atoms with Crippen LogP contribution in [0.25, 0.3) is 16.6 Å². The fraction of sp³-hybridized carbons (Fsp3) is 0.0556. The highest BCUT2D eigenvalue weighted by Crippen LogP contribution is 2.33. The molecule has 0 aliphatic heterocycles. The molecule has 0 fully saturated rings. The Labute approximate surface area is 168 Å². The van der Waals surface area contributed by atoms with Gasteiger partial charge in [-0.05, 0) is 24.6 Å². The van der Waals surface area contributed by atoms with Crippen LogP contribution in [-0.2, 0) is 0 Å². The van der Waals surface area contributed by atoms with Gasteiger partial charge in [0.05, 0.1) is 11.3 Å². The van der Waals surface area contributed by atoms with Crippen molar-refractivity contribution in [3.05, 3.63) is 53.4 Å². The molecule has 0 radical (unpaired) electrons. The highest BCUT2D eigenvalue weighted by molar-refractivity contribution is 7.13. The van der Waals surface area contributed by atoms with Crippen LogP contribution in [0.1, 0.15) is 16.1 Å². The Morgan fingerprint density at radius 1 is 1.21 bits per heavy atom. The molecule has 146 valence electrons. The van der Waals surface area contributed by atoms with E-state index in [-0.39, 0.29) is 11.4 Å². The summed E-state index contributed by atoms with van der Waals surface area (Å²) in [4.78, 5) is 31.9. The van der Waals surface area contributed by atoms with E-state index in [1.165, 1.54) is 28.4 Å². The molecule has 0 atom stereocenters. The number of urea groups is 1. The molecule has 0 unspecified atom stereocenters. The maximum Gasteiger partial charge on any atom is 0.337 e. The number of nitrogens with zero attached hydrogens (tertiary/aromatic N) is 4. The van der Waals surface area contributed by atoms with Crippen LogP contribution < -0.4 is 16.4 Å². The van der Waals surface area contributed by atoms with Gasteiger partial charge >= 0.3 is 12.0 Å². The molecule has 0 spiro atoms. The van der Waals surface area contributed by atoms with Crippen molar-refractivity contribution in [2.45, 2.75) is 6.92 Å². The summed E-state index contributed by atoms with van der Waals surface area (Å²) in [5.74, 6) is -0.937. The highest BCUT2D eigenvalue weighted by Gasteiger charge is 2.21. The van der Waals surface area contributed by atoms with Gasteiger partial charge in [-0.15, -0.1) is 11.3 Å². The number of fused-ring (bicyclic) bond motifs is 1. The number of amides is 2. The third kappa shape index (κ3) is 3.58. The molecule has 0 aliphatic rings. The number of aromatic carboxylic acids is 1. The van der Waals surface area contributed by atoms with Crippen LogP contribution in [0.15, 0.2) is 42.2 Å². The molecule has 3 aromatic heterocycles. The van der Waals surface area contributed by atoms with E-state index in [2.05, 4.69) is 25.7 Å². The van der Waals surface area contributed by atoms with Crippen LogP contribution in [0.5, 0.6) is 0 Å².